The van der Waals surface area contributed by atoms with Gasteiger partial charge in [-0.3, -0.25) is 0 Å². The second-order valence-corrected chi connectivity index (χ2v) is 8.46. The summed E-state index contributed by atoms with van der Waals surface area (Å²) in [6.45, 7) is 1.39. The topological polar surface area (TPSA) is 82.0 Å². The Labute approximate surface area is 198 Å². The highest BCUT2D eigenvalue weighted by Gasteiger charge is 2.31. The fraction of sp³-hybridized carbons (Fsp3) is 0.333. The van der Waals surface area contributed by atoms with Crippen LogP contribution >= 0.6 is 0 Å². The SMILES string of the molecule is C[C@H](Cc1cccc(COCC(F)(F)c2ccccc2)c1)NC[C@H](O)c1ccc(O)c(CO)c1. The van der Waals surface area contributed by atoms with Crippen LogP contribution in [0.2, 0.25) is 0 Å². The molecule has 34 heavy (non-hydrogen) atoms. The van der Waals surface area contributed by atoms with Crippen molar-refractivity contribution in [2.75, 3.05) is 13.2 Å². The van der Waals surface area contributed by atoms with Gasteiger partial charge in [-0.2, -0.15) is 8.78 Å². The molecule has 0 aromatic heterocycles. The molecule has 0 unspecified atom stereocenters. The van der Waals surface area contributed by atoms with Crippen LogP contribution in [0.15, 0.2) is 72.8 Å². The Kier molecular flexibility index (Phi) is 9.12. The maximum atomic E-state index is 14.3. The molecule has 3 rings (SSSR count). The largest absolute Gasteiger partial charge is 0.508 e. The third-order valence-electron chi connectivity index (χ3n) is 5.60. The molecule has 3 aromatic rings. The van der Waals surface area contributed by atoms with Crippen molar-refractivity contribution in [3.05, 3.63) is 101 Å². The highest BCUT2D eigenvalue weighted by molar-refractivity contribution is 5.36. The highest BCUT2D eigenvalue weighted by atomic mass is 19.3. The number of rotatable bonds is 12. The van der Waals surface area contributed by atoms with Crippen molar-refractivity contribution in [1.82, 2.24) is 5.32 Å². The van der Waals surface area contributed by atoms with E-state index < -0.39 is 18.6 Å². The molecule has 0 fully saturated rings. The van der Waals surface area contributed by atoms with Crippen molar-refractivity contribution in [2.24, 2.45) is 0 Å². The summed E-state index contributed by atoms with van der Waals surface area (Å²) in [5.74, 6) is -3.06. The smallest absolute Gasteiger partial charge is 0.296 e. The normalized spacial score (nSPS) is 13.6. The van der Waals surface area contributed by atoms with E-state index in [-0.39, 0.29) is 30.6 Å². The van der Waals surface area contributed by atoms with Crippen LogP contribution in [0.3, 0.4) is 0 Å². The van der Waals surface area contributed by atoms with Gasteiger partial charge in [0.15, 0.2) is 0 Å². The molecule has 0 saturated carbocycles. The first-order valence-corrected chi connectivity index (χ1v) is 11.2. The number of aliphatic hydroxyl groups excluding tert-OH is 2. The van der Waals surface area contributed by atoms with Gasteiger partial charge in [-0.05, 0) is 42.2 Å². The average Bonchev–Trinajstić information content (AvgIpc) is 2.83. The Hall–Kier alpha value is -2.84. The lowest BCUT2D eigenvalue weighted by atomic mass is 10.0. The van der Waals surface area contributed by atoms with Crippen molar-refractivity contribution < 1.29 is 28.8 Å². The molecule has 0 radical (unpaired) electrons. The Bertz CT molecular complexity index is 1050. The molecule has 0 spiro atoms. The maximum Gasteiger partial charge on any atom is 0.296 e. The number of aromatic hydroxyl groups is 1. The molecule has 4 N–H and O–H groups in total. The van der Waals surface area contributed by atoms with E-state index in [1.807, 2.05) is 31.2 Å². The molecule has 7 heteroatoms. The quantitative estimate of drug-likeness (QED) is 0.314. The zero-order valence-electron chi connectivity index (χ0n) is 19.1. The molecule has 2 atom stereocenters. The summed E-state index contributed by atoms with van der Waals surface area (Å²) < 4.78 is 33.9. The number of hydrogen-bond donors (Lipinski definition) is 4. The van der Waals surface area contributed by atoms with Crippen molar-refractivity contribution in [3.63, 3.8) is 0 Å². The van der Waals surface area contributed by atoms with Gasteiger partial charge >= 0.3 is 0 Å². The van der Waals surface area contributed by atoms with Crippen molar-refractivity contribution in [3.8, 4) is 5.75 Å². The summed E-state index contributed by atoms with van der Waals surface area (Å²) in [5, 5.41) is 32.6. The molecule has 0 aliphatic carbocycles. The molecule has 0 saturated heterocycles. The number of ether oxygens (including phenoxy) is 1. The van der Waals surface area contributed by atoms with E-state index in [4.69, 9.17) is 4.74 Å². The summed E-state index contributed by atoms with van der Waals surface area (Å²) in [6, 6.07) is 20.0. The van der Waals surface area contributed by atoms with E-state index >= 15 is 0 Å². The monoisotopic (exact) mass is 471 g/mol. The second-order valence-electron chi connectivity index (χ2n) is 8.46. The van der Waals surface area contributed by atoms with Crippen LogP contribution in [-0.4, -0.2) is 34.5 Å². The lowest BCUT2D eigenvalue weighted by molar-refractivity contribution is -0.0873. The van der Waals surface area contributed by atoms with Crippen LogP contribution in [-0.2, 0) is 30.3 Å². The van der Waals surface area contributed by atoms with Gasteiger partial charge in [0, 0.05) is 23.7 Å². The molecule has 0 amide bonds. The molecule has 3 aromatic carbocycles. The van der Waals surface area contributed by atoms with Gasteiger partial charge in [-0.15, -0.1) is 0 Å². The van der Waals surface area contributed by atoms with Crippen molar-refractivity contribution in [1.29, 1.82) is 0 Å². The third-order valence-corrected chi connectivity index (χ3v) is 5.60. The Morgan fingerprint density at radius 1 is 0.971 bits per heavy atom. The molecule has 0 heterocycles. The van der Waals surface area contributed by atoms with E-state index in [1.54, 1.807) is 30.3 Å². The van der Waals surface area contributed by atoms with Crippen LogP contribution in [0, 0.1) is 0 Å². The summed E-state index contributed by atoms with van der Waals surface area (Å²) in [4.78, 5) is 0. The van der Waals surface area contributed by atoms with Crippen LogP contribution in [0.5, 0.6) is 5.75 Å². The number of phenols is 1. The Morgan fingerprint density at radius 2 is 1.71 bits per heavy atom. The lowest BCUT2D eigenvalue weighted by Gasteiger charge is -2.19. The van der Waals surface area contributed by atoms with Crippen LogP contribution in [0.25, 0.3) is 0 Å². The molecule has 5 nitrogen and oxygen atoms in total. The molecular weight excluding hydrogens is 440 g/mol. The first kappa shape index (κ1) is 25.8. The van der Waals surface area contributed by atoms with Crippen molar-refractivity contribution >= 4 is 0 Å². The van der Waals surface area contributed by atoms with E-state index in [2.05, 4.69) is 5.32 Å². The van der Waals surface area contributed by atoms with Gasteiger partial charge in [0.05, 0.1) is 19.3 Å². The van der Waals surface area contributed by atoms with Gasteiger partial charge in [0.25, 0.3) is 5.92 Å². The number of hydrogen-bond acceptors (Lipinski definition) is 5. The zero-order chi connectivity index (χ0) is 24.6. The minimum absolute atomic E-state index is 0.00702. The predicted octanol–water partition coefficient (Wildman–Crippen LogP) is 4.45. The second kappa shape index (κ2) is 12.0. The first-order valence-electron chi connectivity index (χ1n) is 11.2. The Morgan fingerprint density at radius 3 is 2.44 bits per heavy atom. The minimum atomic E-state index is -3.05. The fourth-order valence-corrected chi connectivity index (χ4v) is 3.70. The van der Waals surface area contributed by atoms with Crippen LogP contribution < -0.4 is 5.32 Å². The summed E-state index contributed by atoms with van der Waals surface area (Å²) in [6.07, 6.45) is -0.113. The van der Waals surface area contributed by atoms with Crippen LogP contribution in [0.1, 0.15) is 40.8 Å². The molecule has 0 aliphatic heterocycles. The third kappa shape index (κ3) is 7.33. The van der Waals surface area contributed by atoms with Gasteiger partial charge in [0.1, 0.15) is 12.4 Å². The molecular formula is C27H31F2NO4. The number of benzene rings is 3. The van der Waals surface area contributed by atoms with E-state index in [1.165, 1.54) is 18.2 Å². The van der Waals surface area contributed by atoms with Gasteiger partial charge < -0.3 is 25.4 Å². The molecule has 0 bridgehead atoms. The standard InChI is InChI=1S/C27H31F2NO4/c1-19(30-15-26(33)22-10-11-25(32)23(14-22)16-31)12-20-6-5-7-21(13-20)17-34-18-27(28,29)24-8-3-2-4-9-24/h2-11,13-14,19,26,30-33H,12,15-18H2,1H3/t19-,26+/m1/s1. The number of alkyl halides is 2. The molecule has 182 valence electrons. The average molecular weight is 472 g/mol. The molecule has 0 aliphatic rings. The van der Waals surface area contributed by atoms with E-state index in [9.17, 15) is 24.1 Å². The van der Waals surface area contributed by atoms with Gasteiger partial charge in [0.2, 0.25) is 0 Å². The fourth-order valence-electron chi connectivity index (χ4n) is 3.70. The summed E-state index contributed by atoms with van der Waals surface area (Å²) in [5.41, 5.74) is 2.75. The van der Waals surface area contributed by atoms with Crippen molar-refractivity contribution in [2.45, 2.75) is 44.6 Å². The summed E-state index contributed by atoms with van der Waals surface area (Å²) in [7, 11) is 0. The van der Waals surface area contributed by atoms with E-state index in [0.717, 1.165) is 11.1 Å². The highest BCUT2D eigenvalue weighted by Crippen LogP contribution is 2.28. The number of nitrogens with one attached hydrogen (secondary N) is 1. The van der Waals surface area contributed by atoms with Gasteiger partial charge in [-0.25, -0.2) is 0 Å². The number of halogens is 2. The minimum Gasteiger partial charge on any atom is -0.508 e. The summed E-state index contributed by atoms with van der Waals surface area (Å²) >= 11 is 0. The van der Waals surface area contributed by atoms with Gasteiger partial charge in [-0.1, -0.05) is 60.7 Å². The zero-order valence-corrected chi connectivity index (χ0v) is 19.1. The number of aliphatic hydroxyl groups is 2. The van der Waals surface area contributed by atoms with Crippen LogP contribution in [0.4, 0.5) is 8.78 Å². The first-order chi connectivity index (χ1) is 16.3. The predicted molar refractivity (Wildman–Crippen MR) is 127 cm³/mol. The lowest BCUT2D eigenvalue weighted by Crippen LogP contribution is -2.32. The van der Waals surface area contributed by atoms with E-state index in [0.29, 0.717) is 24.1 Å². The maximum absolute atomic E-state index is 14.3. The Balaban J connectivity index is 1.48.